The number of ether oxygens (including phenoxy) is 1. The maximum absolute atomic E-state index is 13.5. The second-order valence-corrected chi connectivity index (χ2v) is 8.33. The van der Waals surface area contributed by atoms with Crippen molar-refractivity contribution in [3.05, 3.63) is 96.1 Å². The van der Waals surface area contributed by atoms with E-state index in [4.69, 9.17) is 4.74 Å². The van der Waals surface area contributed by atoms with Gasteiger partial charge in [-0.2, -0.15) is 0 Å². The van der Waals surface area contributed by atoms with Crippen LogP contribution >= 0.6 is 0 Å². The molecular formula is C26H25FN4O2. The Bertz CT molecular complexity index is 1250. The molecule has 2 N–H and O–H groups in total. The largest absolute Gasteiger partial charge is 0.493 e. The molecule has 5 rings (SSSR count). The number of carbonyl (C=O) groups excluding carboxylic acids is 1. The average molecular weight is 445 g/mol. The number of urea groups is 1. The zero-order chi connectivity index (χ0) is 22.6. The Balaban J connectivity index is 1.26. The quantitative estimate of drug-likeness (QED) is 0.461. The molecule has 0 spiro atoms. The van der Waals surface area contributed by atoms with Crippen LogP contribution in [0.15, 0.2) is 79.1 Å². The minimum absolute atomic E-state index is 0.201. The summed E-state index contributed by atoms with van der Waals surface area (Å²) in [6.07, 6.45) is 2.62. The van der Waals surface area contributed by atoms with Crippen molar-refractivity contribution in [1.29, 1.82) is 0 Å². The van der Waals surface area contributed by atoms with E-state index in [1.54, 1.807) is 18.5 Å². The average Bonchev–Trinajstić information content (AvgIpc) is 3.25. The predicted molar refractivity (Wildman–Crippen MR) is 125 cm³/mol. The molecule has 33 heavy (non-hydrogen) atoms. The van der Waals surface area contributed by atoms with Crippen molar-refractivity contribution in [2.45, 2.75) is 19.0 Å². The van der Waals surface area contributed by atoms with Gasteiger partial charge in [-0.25, -0.2) is 14.2 Å². The molecule has 0 fully saturated rings. The molecule has 2 unspecified atom stereocenters. The predicted octanol–water partition coefficient (Wildman–Crippen LogP) is 4.47. The molecule has 168 valence electrons. The maximum Gasteiger partial charge on any atom is 0.315 e. The molecule has 0 radical (unpaired) electrons. The summed E-state index contributed by atoms with van der Waals surface area (Å²) < 4.78 is 21.3. The number of halogens is 1. The minimum atomic E-state index is -0.355. The summed E-state index contributed by atoms with van der Waals surface area (Å²) in [6.45, 7) is 1.55. The van der Waals surface area contributed by atoms with Crippen LogP contribution in [0.4, 0.5) is 9.18 Å². The van der Waals surface area contributed by atoms with Crippen LogP contribution in [-0.4, -0.2) is 28.7 Å². The third-order valence-corrected chi connectivity index (χ3v) is 5.99. The highest BCUT2D eigenvalue weighted by Gasteiger charge is 2.21. The molecule has 4 aromatic rings. The molecular weight excluding hydrogens is 419 g/mol. The van der Waals surface area contributed by atoms with E-state index in [-0.39, 0.29) is 23.8 Å². The van der Waals surface area contributed by atoms with E-state index >= 15 is 0 Å². The summed E-state index contributed by atoms with van der Waals surface area (Å²) in [5, 5.41) is 6.04. The molecule has 1 aliphatic rings. The SMILES string of the molecule is O=C(NCC1COc2ccccc2C1)NC(Cn1cnc2ccccc21)c1ccc(F)cc1. The van der Waals surface area contributed by atoms with Crippen molar-refractivity contribution < 1.29 is 13.9 Å². The number of rotatable bonds is 6. The summed E-state index contributed by atoms with van der Waals surface area (Å²) in [6, 6.07) is 21.4. The van der Waals surface area contributed by atoms with Crippen molar-refractivity contribution >= 4 is 17.1 Å². The number of nitrogens with zero attached hydrogens (tertiary/aromatic N) is 2. The van der Waals surface area contributed by atoms with Gasteiger partial charge in [0.05, 0.1) is 30.0 Å². The second kappa shape index (κ2) is 9.32. The third kappa shape index (κ3) is 4.82. The summed E-state index contributed by atoms with van der Waals surface area (Å²) in [5.74, 6) is 0.808. The van der Waals surface area contributed by atoms with Crippen molar-refractivity contribution in [3.63, 3.8) is 0 Å². The fourth-order valence-corrected chi connectivity index (χ4v) is 4.25. The van der Waals surface area contributed by atoms with Crippen molar-refractivity contribution in [2.24, 2.45) is 5.92 Å². The normalized spacial score (nSPS) is 16.0. The van der Waals surface area contributed by atoms with E-state index < -0.39 is 0 Å². The fourth-order valence-electron chi connectivity index (χ4n) is 4.25. The van der Waals surface area contributed by atoms with Gasteiger partial charge in [-0.05, 0) is 47.9 Å². The van der Waals surface area contributed by atoms with E-state index in [0.717, 1.165) is 34.3 Å². The van der Waals surface area contributed by atoms with Crippen molar-refractivity contribution in [1.82, 2.24) is 20.2 Å². The number of amides is 2. The van der Waals surface area contributed by atoms with Crippen LogP contribution < -0.4 is 15.4 Å². The zero-order valence-electron chi connectivity index (χ0n) is 18.1. The highest BCUT2D eigenvalue weighted by atomic mass is 19.1. The molecule has 7 heteroatoms. The molecule has 0 bridgehead atoms. The number of para-hydroxylation sites is 3. The maximum atomic E-state index is 13.5. The molecule has 2 heterocycles. The number of hydrogen-bond donors (Lipinski definition) is 2. The number of nitrogens with one attached hydrogen (secondary N) is 2. The number of imidazole rings is 1. The smallest absolute Gasteiger partial charge is 0.315 e. The van der Waals surface area contributed by atoms with Crippen LogP contribution in [0.2, 0.25) is 0 Å². The van der Waals surface area contributed by atoms with Gasteiger partial charge in [0.25, 0.3) is 0 Å². The first-order valence-corrected chi connectivity index (χ1v) is 11.1. The monoisotopic (exact) mass is 444 g/mol. The molecule has 0 aliphatic carbocycles. The van der Waals surface area contributed by atoms with Gasteiger partial charge in [-0.3, -0.25) is 0 Å². The van der Waals surface area contributed by atoms with E-state index in [9.17, 15) is 9.18 Å². The van der Waals surface area contributed by atoms with Gasteiger partial charge in [0.2, 0.25) is 0 Å². The Morgan fingerprint density at radius 2 is 1.88 bits per heavy atom. The molecule has 0 saturated heterocycles. The number of fused-ring (bicyclic) bond motifs is 2. The minimum Gasteiger partial charge on any atom is -0.493 e. The first-order valence-electron chi connectivity index (χ1n) is 11.1. The van der Waals surface area contributed by atoms with Gasteiger partial charge < -0.3 is 19.9 Å². The van der Waals surface area contributed by atoms with Crippen molar-refractivity contribution in [2.75, 3.05) is 13.2 Å². The fraction of sp³-hybridized carbons (Fsp3) is 0.231. The highest BCUT2D eigenvalue weighted by molar-refractivity contribution is 5.76. The van der Waals surface area contributed by atoms with Gasteiger partial charge in [0, 0.05) is 19.0 Å². The number of carbonyl (C=O) groups is 1. The Kier molecular flexibility index (Phi) is 5.93. The first-order chi connectivity index (χ1) is 16.2. The summed E-state index contributed by atoms with van der Waals surface area (Å²) in [4.78, 5) is 17.2. The summed E-state index contributed by atoms with van der Waals surface area (Å²) >= 11 is 0. The van der Waals surface area contributed by atoms with E-state index in [2.05, 4.69) is 21.7 Å². The highest BCUT2D eigenvalue weighted by Crippen LogP contribution is 2.26. The lowest BCUT2D eigenvalue weighted by Crippen LogP contribution is -2.43. The van der Waals surface area contributed by atoms with Crippen LogP contribution in [0.1, 0.15) is 17.2 Å². The molecule has 6 nitrogen and oxygen atoms in total. The van der Waals surface area contributed by atoms with Crippen LogP contribution in [0, 0.1) is 11.7 Å². The van der Waals surface area contributed by atoms with Crippen LogP contribution in [-0.2, 0) is 13.0 Å². The van der Waals surface area contributed by atoms with E-state index in [1.165, 1.54) is 12.1 Å². The van der Waals surface area contributed by atoms with Crippen molar-refractivity contribution in [3.8, 4) is 5.75 Å². The van der Waals surface area contributed by atoms with E-state index in [0.29, 0.717) is 19.7 Å². The standard InChI is InChI=1S/C26H25FN4O2/c27-21-11-9-19(10-12-21)23(15-31-17-29-22-6-2-3-7-24(22)31)30-26(32)28-14-18-13-20-5-1-4-8-25(20)33-16-18/h1-12,17-18,23H,13-16H2,(H2,28,30,32). The first kappa shape index (κ1) is 21.0. The number of hydrogen-bond acceptors (Lipinski definition) is 3. The number of aromatic nitrogens is 2. The lowest BCUT2D eigenvalue weighted by molar-refractivity contribution is 0.209. The Labute approximate surface area is 191 Å². The summed E-state index contributed by atoms with van der Waals surface area (Å²) in [7, 11) is 0. The molecule has 2 atom stereocenters. The van der Waals surface area contributed by atoms with Gasteiger partial charge in [-0.15, -0.1) is 0 Å². The number of benzene rings is 3. The van der Waals surface area contributed by atoms with Crippen LogP contribution in [0.3, 0.4) is 0 Å². The Morgan fingerprint density at radius 3 is 2.76 bits per heavy atom. The van der Waals surface area contributed by atoms with E-state index in [1.807, 2.05) is 47.0 Å². The van der Waals surface area contributed by atoms with Gasteiger partial charge >= 0.3 is 6.03 Å². The zero-order valence-corrected chi connectivity index (χ0v) is 18.1. The molecule has 1 aliphatic heterocycles. The lowest BCUT2D eigenvalue weighted by Gasteiger charge is -2.26. The topological polar surface area (TPSA) is 68.2 Å². The lowest BCUT2D eigenvalue weighted by atomic mass is 9.97. The molecule has 1 aromatic heterocycles. The van der Waals surface area contributed by atoms with Crippen LogP contribution in [0.5, 0.6) is 5.75 Å². The second-order valence-electron chi connectivity index (χ2n) is 8.33. The van der Waals surface area contributed by atoms with Gasteiger partial charge in [0.1, 0.15) is 11.6 Å². The molecule has 0 saturated carbocycles. The molecule has 3 aromatic carbocycles. The third-order valence-electron chi connectivity index (χ3n) is 5.99. The summed E-state index contributed by atoms with van der Waals surface area (Å²) in [5.41, 5.74) is 3.84. The van der Waals surface area contributed by atoms with Gasteiger partial charge in [0.15, 0.2) is 0 Å². The Morgan fingerprint density at radius 1 is 1.09 bits per heavy atom. The molecule has 2 amide bonds. The Hall–Kier alpha value is -3.87. The van der Waals surface area contributed by atoms with Gasteiger partial charge in [-0.1, -0.05) is 42.5 Å². The van der Waals surface area contributed by atoms with Crippen LogP contribution in [0.25, 0.3) is 11.0 Å².